The maximum atomic E-state index is 12.0. The van der Waals surface area contributed by atoms with Crippen molar-refractivity contribution in [3.8, 4) is 0 Å². The predicted octanol–water partition coefficient (Wildman–Crippen LogP) is 1.83. The summed E-state index contributed by atoms with van der Waals surface area (Å²) < 4.78 is 5.77. The van der Waals surface area contributed by atoms with E-state index in [-0.39, 0.29) is 11.9 Å². The Morgan fingerprint density at radius 3 is 2.83 bits per heavy atom. The second-order valence-electron chi connectivity index (χ2n) is 3.38. The molecule has 2 heterocycles. The minimum Gasteiger partial charge on any atom is -0.408 e. The zero-order valence-electron chi connectivity index (χ0n) is 9.69. The molecule has 0 saturated heterocycles. The molecule has 0 aromatic carbocycles. The molecule has 0 aliphatic carbocycles. The van der Waals surface area contributed by atoms with E-state index in [1.807, 2.05) is 0 Å². The van der Waals surface area contributed by atoms with Gasteiger partial charge in [-0.3, -0.25) is 10.1 Å². The quantitative estimate of drug-likeness (QED) is 0.898. The Hall–Kier alpha value is -1.96. The van der Waals surface area contributed by atoms with E-state index in [0.29, 0.717) is 21.7 Å². The summed E-state index contributed by atoms with van der Waals surface area (Å²) in [5.41, 5.74) is 0.378. The molecule has 0 fully saturated rings. The van der Waals surface area contributed by atoms with Crippen LogP contribution in [-0.4, -0.2) is 28.1 Å². The molecule has 0 aliphatic rings. The van der Waals surface area contributed by atoms with Crippen LogP contribution in [0.4, 0.5) is 11.8 Å². The van der Waals surface area contributed by atoms with Crippen LogP contribution in [0.3, 0.4) is 0 Å². The summed E-state index contributed by atoms with van der Waals surface area (Å²) in [5, 5.41) is 12.6. The summed E-state index contributed by atoms with van der Waals surface area (Å²) in [7, 11) is 1.68. The average molecular weight is 312 g/mol. The third-order valence-electron chi connectivity index (χ3n) is 2.08. The third-order valence-corrected chi connectivity index (χ3v) is 2.52. The largest absolute Gasteiger partial charge is 0.408 e. The van der Waals surface area contributed by atoms with Gasteiger partial charge in [0.25, 0.3) is 5.91 Å². The van der Waals surface area contributed by atoms with Gasteiger partial charge in [0.15, 0.2) is 0 Å². The number of aromatic nitrogens is 3. The lowest BCUT2D eigenvalue weighted by Crippen LogP contribution is -2.15. The van der Waals surface area contributed by atoms with E-state index in [1.54, 1.807) is 26.2 Å². The predicted molar refractivity (Wildman–Crippen MR) is 68.5 cm³/mol. The van der Waals surface area contributed by atoms with Gasteiger partial charge >= 0.3 is 6.01 Å². The second-order valence-corrected chi connectivity index (χ2v) is 4.30. The van der Waals surface area contributed by atoms with Crippen molar-refractivity contribution in [1.29, 1.82) is 0 Å². The van der Waals surface area contributed by atoms with E-state index in [4.69, 9.17) is 4.42 Å². The SMILES string of the molecule is CNc1ncc(Br)cc1C(=O)Nc1nnc(C)o1. The molecule has 0 saturated carbocycles. The first kappa shape index (κ1) is 12.5. The van der Waals surface area contributed by atoms with Crippen LogP contribution in [0, 0.1) is 6.92 Å². The van der Waals surface area contributed by atoms with Crippen LogP contribution >= 0.6 is 15.9 Å². The van der Waals surface area contributed by atoms with Gasteiger partial charge in [-0.1, -0.05) is 5.10 Å². The highest BCUT2D eigenvalue weighted by atomic mass is 79.9. The Kier molecular flexibility index (Phi) is 3.56. The van der Waals surface area contributed by atoms with Crippen molar-refractivity contribution in [2.24, 2.45) is 0 Å². The first-order chi connectivity index (χ1) is 8.60. The van der Waals surface area contributed by atoms with E-state index < -0.39 is 0 Å². The molecule has 2 aromatic rings. The number of amides is 1. The van der Waals surface area contributed by atoms with E-state index in [0.717, 1.165) is 0 Å². The molecule has 0 radical (unpaired) electrons. The minimum atomic E-state index is -0.378. The van der Waals surface area contributed by atoms with Crippen molar-refractivity contribution < 1.29 is 9.21 Å². The number of aryl methyl sites for hydroxylation is 1. The number of rotatable bonds is 3. The van der Waals surface area contributed by atoms with Gasteiger partial charge in [-0.05, 0) is 22.0 Å². The fourth-order valence-electron chi connectivity index (χ4n) is 1.32. The monoisotopic (exact) mass is 311 g/mol. The number of anilines is 2. The van der Waals surface area contributed by atoms with E-state index in [1.165, 1.54) is 0 Å². The molecular formula is C10H10BrN5O2. The summed E-state index contributed by atoms with van der Waals surface area (Å²) in [6, 6.07) is 1.71. The number of hydrogen-bond donors (Lipinski definition) is 2. The van der Waals surface area contributed by atoms with Crippen LogP contribution in [0.2, 0.25) is 0 Å². The lowest BCUT2D eigenvalue weighted by Gasteiger charge is -2.07. The van der Waals surface area contributed by atoms with Crippen LogP contribution in [-0.2, 0) is 0 Å². The Balaban J connectivity index is 2.25. The zero-order valence-corrected chi connectivity index (χ0v) is 11.3. The Labute approximate surface area is 111 Å². The number of nitrogens with one attached hydrogen (secondary N) is 2. The van der Waals surface area contributed by atoms with Gasteiger partial charge in [-0.25, -0.2) is 4.98 Å². The Morgan fingerprint density at radius 1 is 1.44 bits per heavy atom. The summed E-state index contributed by atoms with van der Waals surface area (Å²) in [6.07, 6.45) is 1.60. The molecule has 8 heteroatoms. The first-order valence-corrected chi connectivity index (χ1v) is 5.84. The highest BCUT2D eigenvalue weighted by molar-refractivity contribution is 9.10. The molecular weight excluding hydrogens is 302 g/mol. The van der Waals surface area contributed by atoms with Crippen LogP contribution in [0.1, 0.15) is 16.2 Å². The Morgan fingerprint density at radius 2 is 2.22 bits per heavy atom. The highest BCUT2D eigenvalue weighted by Crippen LogP contribution is 2.19. The van der Waals surface area contributed by atoms with Gasteiger partial charge < -0.3 is 9.73 Å². The molecule has 7 nitrogen and oxygen atoms in total. The van der Waals surface area contributed by atoms with Gasteiger partial charge in [0.2, 0.25) is 5.89 Å². The fraction of sp³-hybridized carbons (Fsp3) is 0.200. The number of nitrogens with zero attached hydrogens (tertiary/aromatic N) is 3. The van der Waals surface area contributed by atoms with E-state index in [9.17, 15) is 4.79 Å². The van der Waals surface area contributed by atoms with Crippen molar-refractivity contribution in [1.82, 2.24) is 15.2 Å². The number of pyridine rings is 1. The summed E-state index contributed by atoms with van der Waals surface area (Å²) in [5.74, 6) is 0.468. The summed E-state index contributed by atoms with van der Waals surface area (Å²) in [4.78, 5) is 16.1. The van der Waals surface area contributed by atoms with Gasteiger partial charge in [0.05, 0.1) is 5.56 Å². The van der Waals surface area contributed by atoms with Crippen molar-refractivity contribution in [3.05, 3.63) is 28.2 Å². The number of hydrogen-bond acceptors (Lipinski definition) is 6. The molecule has 0 unspecified atom stereocenters. The molecule has 0 spiro atoms. The molecule has 2 rings (SSSR count). The first-order valence-electron chi connectivity index (χ1n) is 5.05. The second kappa shape index (κ2) is 5.13. The average Bonchev–Trinajstić information content (AvgIpc) is 2.74. The fourth-order valence-corrected chi connectivity index (χ4v) is 1.65. The molecule has 2 N–H and O–H groups in total. The summed E-state index contributed by atoms with van der Waals surface area (Å²) >= 11 is 3.26. The van der Waals surface area contributed by atoms with Crippen molar-refractivity contribution in [2.45, 2.75) is 6.92 Å². The van der Waals surface area contributed by atoms with Crippen molar-refractivity contribution in [3.63, 3.8) is 0 Å². The third kappa shape index (κ3) is 2.65. The number of carbonyl (C=O) groups excluding carboxylic acids is 1. The van der Waals surface area contributed by atoms with Crippen LogP contribution in [0.15, 0.2) is 21.2 Å². The molecule has 1 amide bonds. The Bertz CT molecular complexity index is 583. The lowest BCUT2D eigenvalue weighted by atomic mass is 10.2. The van der Waals surface area contributed by atoms with E-state index in [2.05, 4.69) is 41.7 Å². The van der Waals surface area contributed by atoms with Crippen molar-refractivity contribution >= 4 is 33.7 Å². The van der Waals surface area contributed by atoms with Gasteiger partial charge in [0.1, 0.15) is 5.82 Å². The number of carbonyl (C=O) groups is 1. The van der Waals surface area contributed by atoms with Gasteiger partial charge in [-0.2, -0.15) is 0 Å². The van der Waals surface area contributed by atoms with Crippen LogP contribution < -0.4 is 10.6 Å². The number of halogens is 1. The maximum absolute atomic E-state index is 12.0. The molecule has 94 valence electrons. The van der Waals surface area contributed by atoms with E-state index >= 15 is 0 Å². The summed E-state index contributed by atoms with van der Waals surface area (Å²) in [6.45, 7) is 1.64. The molecule has 0 atom stereocenters. The maximum Gasteiger partial charge on any atom is 0.322 e. The molecule has 18 heavy (non-hydrogen) atoms. The minimum absolute atomic E-state index is 0.0551. The van der Waals surface area contributed by atoms with Gasteiger partial charge in [-0.15, -0.1) is 5.10 Å². The van der Waals surface area contributed by atoms with Crippen LogP contribution in [0.25, 0.3) is 0 Å². The smallest absolute Gasteiger partial charge is 0.322 e. The lowest BCUT2D eigenvalue weighted by molar-refractivity contribution is 0.102. The van der Waals surface area contributed by atoms with Gasteiger partial charge in [0, 0.05) is 24.6 Å². The molecule has 2 aromatic heterocycles. The normalized spacial score (nSPS) is 10.2. The standard InChI is InChI=1S/C10H10BrN5O2/c1-5-15-16-10(18-5)14-9(17)7-3-6(11)4-13-8(7)12-2/h3-4H,1-2H3,(H,12,13)(H,14,16,17). The zero-order chi connectivity index (χ0) is 13.1. The highest BCUT2D eigenvalue weighted by Gasteiger charge is 2.15. The molecule has 0 bridgehead atoms. The topological polar surface area (TPSA) is 92.9 Å². The van der Waals surface area contributed by atoms with Crippen LogP contribution in [0.5, 0.6) is 0 Å². The molecule has 0 aliphatic heterocycles. The van der Waals surface area contributed by atoms with Crippen molar-refractivity contribution in [2.75, 3.05) is 17.7 Å².